The van der Waals surface area contributed by atoms with Gasteiger partial charge in [-0.3, -0.25) is 0 Å². The number of alkyl halides is 1. The van der Waals surface area contributed by atoms with Crippen molar-refractivity contribution >= 4 is 22.6 Å². The summed E-state index contributed by atoms with van der Waals surface area (Å²) in [5, 5.41) is 19.5. The second-order valence-corrected chi connectivity index (χ2v) is 4.77. The SMILES string of the molecule is CC1(C)O[C@H]2[C@H](O)O[C@@](O)(CI)[C@H]2O1. The third kappa shape index (κ3) is 1.57. The first-order valence-electron chi connectivity index (χ1n) is 4.38. The van der Waals surface area contributed by atoms with Crippen molar-refractivity contribution < 1.29 is 24.4 Å². The highest BCUT2D eigenvalue weighted by atomic mass is 127. The Balaban J connectivity index is 2.23. The molecule has 0 aliphatic carbocycles. The van der Waals surface area contributed by atoms with Crippen molar-refractivity contribution in [3.05, 3.63) is 0 Å². The Labute approximate surface area is 95.5 Å². The summed E-state index contributed by atoms with van der Waals surface area (Å²) in [5.41, 5.74) is 0. The average molecular weight is 316 g/mol. The molecule has 82 valence electrons. The van der Waals surface area contributed by atoms with E-state index in [0.717, 1.165) is 0 Å². The zero-order valence-electron chi connectivity index (χ0n) is 7.94. The van der Waals surface area contributed by atoms with Gasteiger partial charge in [0.25, 0.3) is 0 Å². The molecule has 14 heavy (non-hydrogen) atoms. The third-order valence-electron chi connectivity index (χ3n) is 2.37. The monoisotopic (exact) mass is 316 g/mol. The Bertz CT molecular complexity index is 246. The molecule has 6 heteroatoms. The van der Waals surface area contributed by atoms with E-state index >= 15 is 0 Å². The topological polar surface area (TPSA) is 68.2 Å². The average Bonchev–Trinajstić information content (AvgIpc) is 2.50. The van der Waals surface area contributed by atoms with Gasteiger partial charge in [-0.25, -0.2) is 0 Å². The number of hydrogen-bond donors (Lipinski definition) is 2. The number of hydrogen-bond acceptors (Lipinski definition) is 5. The molecule has 0 unspecified atom stereocenters. The summed E-state index contributed by atoms with van der Waals surface area (Å²) in [6.07, 6.45) is -2.35. The summed E-state index contributed by atoms with van der Waals surface area (Å²) >= 11 is 1.98. The van der Waals surface area contributed by atoms with Gasteiger partial charge in [-0.1, -0.05) is 22.6 Å². The van der Waals surface area contributed by atoms with Crippen LogP contribution in [0.15, 0.2) is 0 Å². The first-order valence-corrected chi connectivity index (χ1v) is 5.90. The smallest absolute Gasteiger partial charge is 0.207 e. The van der Waals surface area contributed by atoms with Crippen LogP contribution in [0, 0.1) is 0 Å². The zero-order chi connectivity index (χ0) is 10.6. The second-order valence-electron chi connectivity index (χ2n) is 4.01. The Morgan fingerprint density at radius 3 is 2.50 bits per heavy atom. The zero-order valence-corrected chi connectivity index (χ0v) is 10.1. The highest BCUT2D eigenvalue weighted by Crippen LogP contribution is 2.42. The standard InChI is InChI=1S/C8H13IO5/c1-7(2)12-4-5(13-7)8(11,3-9)14-6(4)10/h4-6,10-11H,3H2,1-2H3/t4-,5+,6-,8+/m1/s1. The first-order chi connectivity index (χ1) is 6.38. The fraction of sp³-hybridized carbons (Fsp3) is 1.00. The lowest BCUT2D eigenvalue weighted by Crippen LogP contribution is -2.44. The number of aliphatic hydroxyl groups is 2. The molecule has 0 saturated carbocycles. The van der Waals surface area contributed by atoms with E-state index in [4.69, 9.17) is 14.2 Å². The van der Waals surface area contributed by atoms with Crippen LogP contribution in [-0.2, 0) is 14.2 Å². The van der Waals surface area contributed by atoms with Crippen LogP contribution in [0.25, 0.3) is 0 Å². The second kappa shape index (κ2) is 3.26. The molecule has 2 fully saturated rings. The summed E-state index contributed by atoms with van der Waals surface area (Å²) in [6.45, 7) is 3.48. The molecule has 2 heterocycles. The lowest BCUT2D eigenvalue weighted by molar-refractivity contribution is -0.291. The number of aliphatic hydroxyl groups excluding tert-OH is 1. The molecule has 0 spiro atoms. The predicted octanol–water partition coefficient (Wildman–Crippen LogP) is -0.0213. The van der Waals surface area contributed by atoms with Gasteiger partial charge in [-0.2, -0.15) is 0 Å². The van der Waals surface area contributed by atoms with Gasteiger partial charge >= 0.3 is 0 Å². The van der Waals surface area contributed by atoms with Crippen LogP contribution in [0.3, 0.4) is 0 Å². The largest absolute Gasteiger partial charge is 0.366 e. The Kier molecular flexibility index (Phi) is 2.57. The molecule has 2 aliphatic rings. The maximum atomic E-state index is 9.98. The minimum absolute atomic E-state index is 0.322. The van der Waals surface area contributed by atoms with Crippen molar-refractivity contribution in [3.8, 4) is 0 Å². The van der Waals surface area contributed by atoms with Crippen molar-refractivity contribution in [2.75, 3.05) is 4.43 Å². The summed E-state index contributed by atoms with van der Waals surface area (Å²) in [6, 6.07) is 0. The maximum absolute atomic E-state index is 9.98. The van der Waals surface area contributed by atoms with Crippen LogP contribution in [-0.4, -0.2) is 44.7 Å². The molecular weight excluding hydrogens is 303 g/mol. The van der Waals surface area contributed by atoms with Crippen molar-refractivity contribution in [1.29, 1.82) is 0 Å². The fourth-order valence-electron chi connectivity index (χ4n) is 1.80. The highest BCUT2D eigenvalue weighted by Gasteiger charge is 2.61. The van der Waals surface area contributed by atoms with Gasteiger partial charge in [0.1, 0.15) is 12.2 Å². The van der Waals surface area contributed by atoms with Crippen molar-refractivity contribution in [3.63, 3.8) is 0 Å². The summed E-state index contributed by atoms with van der Waals surface area (Å²) < 4.78 is 16.2. The van der Waals surface area contributed by atoms with Crippen molar-refractivity contribution in [1.82, 2.24) is 0 Å². The van der Waals surface area contributed by atoms with E-state index in [1.807, 2.05) is 22.6 Å². The molecule has 0 bridgehead atoms. The third-order valence-corrected chi connectivity index (χ3v) is 3.46. The van der Waals surface area contributed by atoms with E-state index in [2.05, 4.69) is 0 Å². The summed E-state index contributed by atoms with van der Waals surface area (Å²) in [7, 11) is 0. The summed E-state index contributed by atoms with van der Waals surface area (Å²) in [5.74, 6) is -2.22. The molecule has 0 radical (unpaired) electrons. The molecular formula is C8H13IO5. The molecule has 0 aromatic heterocycles. The van der Waals surface area contributed by atoms with Crippen molar-refractivity contribution in [2.45, 2.75) is 43.9 Å². The van der Waals surface area contributed by atoms with E-state index < -0.39 is 30.1 Å². The van der Waals surface area contributed by atoms with Gasteiger partial charge in [0.05, 0.1) is 4.43 Å². The van der Waals surface area contributed by atoms with Crippen LogP contribution in [0.1, 0.15) is 13.8 Å². The highest BCUT2D eigenvalue weighted by molar-refractivity contribution is 14.1. The molecule has 0 aromatic rings. The number of rotatable bonds is 1. The number of ether oxygens (including phenoxy) is 3. The molecule has 2 saturated heterocycles. The van der Waals surface area contributed by atoms with Gasteiger partial charge in [0.2, 0.25) is 5.79 Å². The molecule has 2 aliphatic heterocycles. The number of halogens is 1. The Hall–Kier alpha value is 0.530. The lowest BCUT2D eigenvalue weighted by atomic mass is 10.1. The minimum Gasteiger partial charge on any atom is -0.366 e. The van der Waals surface area contributed by atoms with E-state index in [1.165, 1.54) is 0 Å². The molecule has 5 nitrogen and oxygen atoms in total. The first kappa shape index (κ1) is 11.0. The quantitative estimate of drug-likeness (QED) is 0.526. The van der Waals surface area contributed by atoms with Gasteiger partial charge in [0, 0.05) is 0 Å². The molecule has 0 amide bonds. The maximum Gasteiger partial charge on any atom is 0.207 e. The van der Waals surface area contributed by atoms with Gasteiger partial charge < -0.3 is 24.4 Å². The van der Waals surface area contributed by atoms with Crippen LogP contribution in [0.4, 0.5) is 0 Å². The summed E-state index contributed by atoms with van der Waals surface area (Å²) in [4.78, 5) is 0. The van der Waals surface area contributed by atoms with Crippen LogP contribution < -0.4 is 0 Å². The molecule has 2 N–H and O–H groups in total. The van der Waals surface area contributed by atoms with Crippen molar-refractivity contribution in [2.24, 2.45) is 0 Å². The molecule has 4 atom stereocenters. The van der Waals surface area contributed by atoms with Crippen LogP contribution in [0.5, 0.6) is 0 Å². The predicted molar refractivity (Wildman–Crippen MR) is 54.8 cm³/mol. The van der Waals surface area contributed by atoms with E-state index in [9.17, 15) is 10.2 Å². The van der Waals surface area contributed by atoms with E-state index in [-0.39, 0.29) is 0 Å². The van der Waals surface area contributed by atoms with Gasteiger partial charge in [-0.05, 0) is 13.8 Å². The van der Waals surface area contributed by atoms with E-state index in [0.29, 0.717) is 4.43 Å². The van der Waals surface area contributed by atoms with Crippen LogP contribution in [0.2, 0.25) is 0 Å². The van der Waals surface area contributed by atoms with Gasteiger partial charge in [0.15, 0.2) is 12.1 Å². The Morgan fingerprint density at radius 2 is 1.93 bits per heavy atom. The van der Waals surface area contributed by atoms with Crippen LogP contribution >= 0.6 is 22.6 Å². The van der Waals surface area contributed by atoms with E-state index in [1.54, 1.807) is 13.8 Å². The normalized spacial score (nSPS) is 50.8. The molecule has 2 rings (SSSR count). The fourth-order valence-corrected chi connectivity index (χ4v) is 2.41. The number of fused-ring (bicyclic) bond motifs is 1. The molecule has 0 aromatic carbocycles. The lowest BCUT2D eigenvalue weighted by Gasteiger charge is -2.27. The minimum atomic E-state index is -1.45. The van der Waals surface area contributed by atoms with Gasteiger partial charge in [-0.15, -0.1) is 0 Å². The Morgan fingerprint density at radius 1 is 1.29 bits per heavy atom.